The van der Waals surface area contributed by atoms with Crippen molar-refractivity contribution < 1.29 is 27.9 Å². The van der Waals surface area contributed by atoms with Gasteiger partial charge >= 0.3 is 5.97 Å². The molecule has 1 aromatic heterocycles. The molecule has 0 radical (unpaired) electrons. The first-order valence-electron chi connectivity index (χ1n) is 7.80. The van der Waals surface area contributed by atoms with Crippen LogP contribution < -0.4 is 5.32 Å². The Morgan fingerprint density at radius 1 is 1.23 bits per heavy atom. The van der Waals surface area contributed by atoms with Crippen molar-refractivity contribution in [1.82, 2.24) is 15.1 Å². The Labute approximate surface area is 147 Å². The molecule has 0 spiro atoms. The van der Waals surface area contributed by atoms with Crippen molar-refractivity contribution in [2.24, 2.45) is 0 Å². The van der Waals surface area contributed by atoms with Crippen LogP contribution in [0.15, 0.2) is 24.3 Å². The van der Waals surface area contributed by atoms with Gasteiger partial charge in [0, 0.05) is 17.7 Å². The van der Waals surface area contributed by atoms with Gasteiger partial charge in [-0.2, -0.15) is 5.10 Å². The smallest absolute Gasteiger partial charge is 0.326 e. The number of nitrogens with one attached hydrogen (secondary N) is 1. The molecule has 1 unspecified atom stereocenters. The number of aliphatic carboxylic acids is 1. The molecule has 140 valence electrons. The maximum Gasteiger partial charge on any atom is 0.326 e. The lowest BCUT2D eigenvalue weighted by atomic mass is 10.1. The molecular weight excluding hydrogens is 351 g/mol. The largest absolute Gasteiger partial charge is 0.480 e. The normalized spacial score (nSPS) is 12.2. The van der Waals surface area contributed by atoms with Gasteiger partial charge in [-0.3, -0.25) is 4.79 Å². The molecule has 0 bridgehead atoms. The molecule has 0 aliphatic rings. The zero-order valence-corrected chi connectivity index (χ0v) is 14.2. The van der Waals surface area contributed by atoms with Crippen LogP contribution in [0.4, 0.5) is 13.2 Å². The van der Waals surface area contributed by atoms with Gasteiger partial charge in [0.05, 0.1) is 17.8 Å². The van der Waals surface area contributed by atoms with Crippen LogP contribution in [-0.4, -0.2) is 39.2 Å². The van der Waals surface area contributed by atoms with Crippen molar-refractivity contribution in [2.75, 3.05) is 0 Å². The van der Waals surface area contributed by atoms with Crippen LogP contribution in [0.2, 0.25) is 0 Å². The number of hydrogen-bond acceptors (Lipinski definition) is 3. The fraction of sp³-hybridized carbons (Fsp3) is 0.353. The molecule has 1 heterocycles. The van der Waals surface area contributed by atoms with Crippen molar-refractivity contribution in [3.05, 3.63) is 47.0 Å². The number of aromatic nitrogens is 2. The van der Waals surface area contributed by atoms with E-state index >= 15 is 0 Å². The maximum absolute atomic E-state index is 13.1. The summed E-state index contributed by atoms with van der Waals surface area (Å²) in [5, 5.41) is 15.3. The molecule has 1 atom stereocenters. The number of nitrogens with zero attached hydrogens (tertiary/aromatic N) is 2. The third kappa shape index (κ3) is 4.62. The predicted octanol–water partition coefficient (Wildman–Crippen LogP) is 2.40. The Morgan fingerprint density at radius 3 is 2.38 bits per heavy atom. The first-order valence-corrected chi connectivity index (χ1v) is 7.80. The van der Waals surface area contributed by atoms with Gasteiger partial charge in [-0.15, -0.1) is 0 Å². The first-order chi connectivity index (χ1) is 12.2. The highest BCUT2D eigenvalue weighted by atomic mass is 19.3. The number of alkyl halides is 2. The SMILES string of the molecule is Cc1nn(-c2ccc(F)cc2)c(C)c1CC(=O)NC(CC(F)F)C(=O)O. The standard InChI is InChI=1S/C17H18F3N3O3/c1-9-13(7-16(24)21-14(17(25)26)8-15(19)20)10(2)23(22-9)12-5-3-11(18)4-6-12/h3-6,14-15H,7-8H2,1-2H3,(H,21,24)(H,25,26). The van der Waals surface area contributed by atoms with Crippen molar-refractivity contribution in [3.63, 3.8) is 0 Å². The molecule has 26 heavy (non-hydrogen) atoms. The van der Waals surface area contributed by atoms with Crippen molar-refractivity contribution in [3.8, 4) is 5.69 Å². The van der Waals surface area contributed by atoms with Crippen LogP contribution in [0.5, 0.6) is 0 Å². The van der Waals surface area contributed by atoms with Crippen molar-refractivity contribution in [1.29, 1.82) is 0 Å². The molecule has 9 heteroatoms. The van der Waals surface area contributed by atoms with E-state index in [2.05, 4.69) is 10.4 Å². The highest BCUT2D eigenvalue weighted by molar-refractivity contribution is 5.85. The molecule has 0 aliphatic heterocycles. The second-order valence-corrected chi connectivity index (χ2v) is 5.80. The number of carboxylic acids is 1. The maximum atomic E-state index is 13.1. The van der Waals surface area contributed by atoms with Crippen LogP contribution in [0.3, 0.4) is 0 Å². The van der Waals surface area contributed by atoms with Gasteiger partial charge in [-0.1, -0.05) is 0 Å². The summed E-state index contributed by atoms with van der Waals surface area (Å²) in [5.41, 5.74) is 2.29. The number of benzene rings is 1. The molecule has 0 fully saturated rings. The number of carbonyl (C=O) groups is 2. The minimum atomic E-state index is -2.85. The third-order valence-electron chi connectivity index (χ3n) is 3.90. The summed E-state index contributed by atoms with van der Waals surface area (Å²) in [6.45, 7) is 3.38. The van der Waals surface area contributed by atoms with Crippen LogP contribution in [-0.2, 0) is 16.0 Å². The van der Waals surface area contributed by atoms with E-state index < -0.39 is 36.6 Å². The van der Waals surface area contributed by atoms with E-state index in [1.807, 2.05) is 0 Å². The molecule has 0 aliphatic carbocycles. The molecule has 1 amide bonds. The van der Waals surface area contributed by atoms with E-state index in [1.165, 1.54) is 28.9 Å². The van der Waals surface area contributed by atoms with Crippen molar-refractivity contribution in [2.45, 2.75) is 39.2 Å². The Bertz CT molecular complexity index is 804. The van der Waals surface area contributed by atoms with Gasteiger partial charge in [-0.05, 0) is 38.1 Å². The van der Waals surface area contributed by atoms with Gasteiger partial charge in [-0.25, -0.2) is 22.6 Å². The molecule has 0 saturated carbocycles. The zero-order valence-electron chi connectivity index (χ0n) is 14.2. The number of hydrogen-bond donors (Lipinski definition) is 2. The van der Waals surface area contributed by atoms with Gasteiger partial charge in [0.25, 0.3) is 0 Å². The van der Waals surface area contributed by atoms with Crippen LogP contribution in [0.25, 0.3) is 5.69 Å². The summed E-state index contributed by atoms with van der Waals surface area (Å²) in [6.07, 6.45) is -4.01. The van der Waals surface area contributed by atoms with Crippen LogP contribution in [0.1, 0.15) is 23.4 Å². The minimum absolute atomic E-state index is 0.203. The Morgan fingerprint density at radius 2 is 1.85 bits per heavy atom. The van der Waals surface area contributed by atoms with E-state index in [9.17, 15) is 22.8 Å². The zero-order chi connectivity index (χ0) is 19.4. The van der Waals surface area contributed by atoms with E-state index in [-0.39, 0.29) is 6.42 Å². The summed E-state index contributed by atoms with van der Waals surface area (Å²) < 4.78 is 39.4. The van der Waals surface area contributed by atoms with E-state index in [0.717, 1.165) is 0 Å². The molecular formula is C17H18F3N3O3. The van der Waals surface area contributed by atoms with Gasteiger partial charge < -0.3 is 10.4 Å². The lowest BCUT2D eigenvalue weighted by Crippen LogP contribution is -2.42. The van der Waals surface area contributed by atoms with Gasteiger partial charge in [0.15, 0.2) is 0 Å². The number of aryl methyl sites for hydroxylation is 1. The van der Waals surface area contributed by atoms with Gasteiger partial charge in [0.2, 0.25) is 12.3 Å². The first kappa shape index (κ1) is 19.5. The second-order valence-electron chi connectivity index (χ2n) is 5.80. The topological polar surface area (TPSA) is 84.2 Å². The Balaban J connectivity index is 2.18. The van der Waals surface area contributed by atoms with E-state index in [1.54, 1.807) is 13.8 Å². The summed E-state index contributed by atoms with van der Waals surface area (Å²) >= 11 is 0. The minimum Gasteiger partial charge on any atom is -0.480 e. The van der Waals surface area contributed by atoms with Crippen LogP contribution in [0, 0.1) is 19.7 Å². The summed E-state index contributed by atoms with van der Waals surface area (Å²) in [7, 11) is 0. The Kier molecular flexibility index (Phi) is 6.01. The molecule has 2 rings (SSSR count). The molecule has 6 nitrogen and oxygen atoms in total. The molecule has 0 saturated heterocycles. The quantitative estimate of drug-likeness (QED) is 0.785. The predicted molar refractivity (Wildman–Crippen MR) is 86.9 cm³/mol. The Hall–Kier alpha value is -2.84. The molecule has 2 N–H and O–H groups in total. The fourth-order valence-corrected chi connectivity index (χ4v) is 2.57. The lowest BCUT2D eigenvalue weighted by molar-refractivity contribution is -0.142. The molecule has 1 aromatic carbocycles. The highest BCUT2D eigenvalue weighted by Gasteiger charge is 2.25. The van der Waals surface area contributed by atoms with Crippen molar-refractivity contribution >= 4 is 11.9 Å². The fourth-order valence-electron chi connectivity index (χ4n) is 2.57. The average Bonchev–Trinajstić information content (AvgIpc) is 2.82. The number of carboxylic acid groups (broad SMARTS) is 1. The average molecular weight is 369 g/mol. The summed E-state index contributed by atoms with van der Waals surface area (Å²) in [5.74, 6) is -2.61. The number of carbonyl (C=O) groups excluding carboxylic acids is 1. The molecule has 2 aromatic rings. The van der Waals surface area contributed by atoms with Gasteiger partial charge in [0.1, 0.15) is 11.9 Å². The van der Waals surface area contributed by atoms with E-state index in [4.69, 9.17) is 5.11 Å². The van der Waals surface area contributed by atoms with E-state index in [0.29, 0.717) is 22.6 Å². The monoisotopic (exact) mass is 369 g/mol. The number of rotatable bonds is 7. The number of amides is 1. The highest BCUT2D eigenvalue weighted by Crippen LogP contribution is 2.19. The third-order valence-corrected chi connectivity index (χ3v) is 3.90. The summed E-state index contributed by atoms with van der Waals surface area (Å²) in [6, 6.07) is 3.96. The lowest BCUT2D eigenvalue weighted by Gasteiger charge is -2.14. The second kappa shape index (κ2) is 8.03. The summed E-state index contributed by atoms with van der Waals surface area (Å²) in [4.78, 5) is 23.1. The van der Waals surface area contributed by atoms with Crippen LogP contribution >= 0.6 is 0 Å². The number of halogens is 3.